The Balaban J connectivity index is 1.74. The van der Waals surface area contributed by atoms with Gasteiger partial charge in [0.25, 0.3) is 5.91 Å². The molecule has 1 aliphatic rings. The molecule has 37 heavy (non-hydrogen) atoms. The van der Waals surface area contributed by atoms with E-state index in [1.54, 1.807) is 12.1 Å². The molecule has 0 fully saturated rings. The predicted octanol–water partition coefficient (Wildman–Crippen LogP) is 5.06. The Morgan fingerprint density at radius 3 is 2.32 bits per heavy atom. The first-order valence-corrected chi connectivity index (χ1v) is 12.7. The molecule has 9 nitrogen and oxygen atoms in total. The first kappa shape index (κ1) is 28.3. The van der Waals surface area contributed by atoms with Crippen molar-refractivity contribution in [3.63, 3.8) is 0 Å². The molecule has 1 atom stereocenters. The molecule has 3 rings (SSSR count). The maximum absolute atomic E-state index is 13.0. The van der Waals surface area contributed by atoms with E-state index in [0.29, 0.717) is 39.5 Å². The smallest absolute Gasteiger partial charge is 0.343 e. The third-order valence-electron chi connectivity index (χ3n) is 5.15. The van der Waals surface area contributed by atoms with Crippen molar-refractivity contribution in [1.82, 2.24) is 5.43 Å². The number of nitrogens with zero attached hydrogens (tertiary/aromatic N) is 1. The molecular formula is C26H26Br2N2O7. The van der Waals surface area contributed by atoms with Crippen LogP contribution in [0.4, 0.5) is 0 Å². The number of amides is 1. The number of rotatable bonds is 10. The minimum absolute atomic E-state index is 0.0347. The number of halogens is 2. The Morgan fingerprint density at radius 1 is 1.08 bits per heavy atom. The van der Waals surface area contributed by atoms with Crippen molar-refractivity contribution in [1.29, 1.82) is 0 Å². The van der Waals surface area contributed by atoms with Crippen molar-refractivity contribution in [3.05, 3.63) is 69.4 Å². The van der Waals surface area contributed by atoms with Gasteiger partial charge in [0, 0.05) is 10.4 Å². The molecule has 1 N–H and O–H groups in total. The molecule has 0 heterocycles. The predicted molar refractivity (Wildman–Crippen MR) is 146 cm³/mol. The summed E-state index contributed by atoms with van der Waals surface area (Å²) in [4.78, 5) is 25.2. The number of carbonyl (C=O) groups is 2. The van der Waals surface area contributed by atoms with Gasteiger partial charge >= 0.3 is 5.97 Å². The maximum Gasteiger partial charge on any atom is 0.343 e. The summed E-state index contributed by atoms with van der Waals surface area (Å²) in [6.45, 7) is 1.76. The van der Waals surface area contributed by atoms with E-state index in [9.17, 15) is 9.59 Å². The molecule has 0 spiro atoms. The number of hydrogen-bond donors (Lipinski definition) is 1. The average molecular weight is 638 g/mol. The standard InChI is InChI=1S/C26H26Br2N2O7/c1-15-5-7-19(8-6-15)36-14-23(31)30-29-13-17-9-18(27)12-20(28)24(17)37-26(32)16-10-21(33-2)25(35-4)22(11-16)34-3/h5-8,10-13,18H,9,14H2,1-4H3,(H,30,31)/b29-13+. The zero-order valence-corrected chi connectivity index (χ0v) is 23.8. The van der Waals surface area contributed by atoms with E-state index in [0.717, 1.165) is 5.56 Å². The van der Waals surface area contributed by atoms with Gasteiger partial charge in [-0.15, -0.1) is 0 Å². The van der Waals surface area contributed by atoms with Crippen LogP contribution in [0.2, 0.25) is 0 Å². The number of carbonyl (C=O) groups excluding carboxylic acids is 2. The molecule has 196 valence electrons. The Hall–Kier alpha value is -3.31. The Bertz CT molecular complexity index is 1210. The lowest BCUT2D eigenvalue weighted by atomic mass is 10.0. The highest BCUT2D eigenvalue weighted by molar-refractivity contribution is 9.12. The highest BCUT2D eigenvalue weighted by Crippen LogP contribution is 2.39. The van der Waals surface area contributed by atoms with Crippen LogP contribution < -0.4 is 24.4 Å². The largest absolute Gasteiger partial charge is 0.493 e. The van der Waals surface area contributed by atoms with Gasteiger partial charge < -0.3 is 23.7 Å². The first-order chi connectivity index (χ1) is 17.7. The molecule has 0 saturated carbocycles. The topological polar surface area (TPSA) is 105 Å². The van der Waals surface area contributed by atoms with E-state index >= 15 is 0 Å². The fourth-order valence-corrected chi connectivity index (χ4v) is 4.95. The summed E-state index contributed by atoms with van der Waals surface area (Å²) in [5, 5.41) is 4.02. The van der Waals surface area contributed by atoms with E-state index in [2.05, 4.69) is 42.4 Å². The minimum Gasteiger partial charge on any atom is -0.493 e. The Morgan fingerprint density at radius 2 is 1.73 bits per heavy atom. The van der Waals surface area contributed by atoms with Gasteiger partial charge in [-0.05, 0) is 53.5 Å². The van der Waals surface area contributed by atoms with Crippen LogP contribution in [0.25, 0.3) is 0 Å². The number of nitrogens with one attached hydrogen (secondary N) is 1. The van der Waals surface area contributed by atoms with Crippen molar-refractivity contribution in [2.45, 2.75) is 18.2 Å². The molecule has 1 unspecified atom stereocenters. The molecule has 0 bridgehead atoms. The van der Waals surface area contributed by atoms with Crippen LogP contribution >= 0.6 is 31.9 Å². The number of allylic oxidation sites excluding steroid dienone is 3. The number of esters is 1. The van der Waals surface area contributed by atoms with Gasteiger partial charge in [0.05, 0.1) is 37.6 Å². The van der Waals surface area contributed by atoms with Gasteiger partial charge in [-0.3, -0.25) is 4.79 Å². The maximum atomic E-state index is 13.0. The van der Waals surface area contributed by atoms with E-state index in [4.69, 9.17) is 23.7 Å². The number of benzene rings is 2. The normalized spacial score (nSPS) is 15.2. The van der Waals surface area contributed by atoms with Crippen molar-refractivity contribution >= 4 is 50.0 Å². The van der Waals surface area contributed by atoms with E-state index in [1.807, 2.05) is 25.1 Å². The lowest BCUT2D eigenvalue weighted by molar-refractivity contribution is -0.123. The summed E-state index contributed by atoms with van der Waals surface area (Å²) in [5.74, 6) is 0.762. The van der Waals surface area contributed by atoms with E-state index < -0.39 is 11.9 Å². The molecule has 0 aliphatic heterocycles. The van der Waals surface area contributed by atoms with Crippen LogP contribution in [-0.4, -0.2) is 50.9 Å². The van der Waals surface area contributed by atoms with Crippen molar-refractivity contribution in [2.75, 3.05) is 27.9 Å². The summed E-state index contributed by atoms with van der Waals surface area (Å²) >= 11 is 6.99. The summed E-state index contributed by atoms with van der Waals surface area (Å²) in [6, 6.07) is 10.4. The first-order valence-electron chi connectivity index (χ1n) is 11.0. The van der Waals surface area contributed by atoms with Gasteiger partial charge in [-0.2, -0.15) is 5.10 Å². The molecule has 0 aromatic heterocycles. The summed E-state index contributed by atoms with van der Waals surface area (Å²) in [7, 11) is 4.39. The molecule has 1 amide bonds. The van der Waals surface area contributed by atoms with Gasteiger partial charge in [0.1, 0.15) is 11.5 Å². The molecule has 2 aromatic rings. The SMILES string of the molecule is COc1cc(C(=O)OC2=C(/C=N/NC(=O)COc3ccc(C)cc3)CC(Br)C=C2Br)cc(OC)c1OC. The lowest BCUT2D eigenvalue weighted by Gasteiger charge is -2.20. The third kappa shape index (κ3) is 7.59. The molecular weight excluding hydrogens is 612 g/mol. The van der Waals surface area contributed by atoms with Crippen LogP contribution in [0, 0.1) is 6.92 Å². The van der Waals surface area contributed by atoms with Crippen LogP contribution in [0.5, 0.6) is 23.0 Å². The van der Waals surface area contributed by atoms with Crippen LogP contribution in [0.15, 0.2) is 63.4 Å². The molecule has 1 aliphatic carbocycles. The van der Waals surface area contributed by atoms with Crippen LogP contribution in [-0.2, 0) is 9.53 Å². The lowest BCUT2D eigenvalue weighted by Crippen LogP contribution is -2.25. The van der Waals surface area contributed by atoms with Gasteiger partial charge in [0.15, 0.2) is 18.1 Å². The Kier molecular flexibility index (Phi) is 10.2. The molecule has 0 radical (unpaired) electrons. The number of ether oxygens (including phenoxy) is 5. The van der Waals surface area contributed by atoms with E-state index in [1.165, 1.54) is 39.7 Å². The van der Waals surface area contributed by atoms with Gasteiger partial charge in [-0.1, -0.05) is 39.7 Å². The molecule has 0 saturated heterocycles. The number of hydrazone groups is 1. The van der Waals surface area contributed by atoms with Gasteiger partial charge in [-0.25, -0.2) is 10.2 Å². The van der Waals surface area contributed by atoms with Crippen molar-refractivity contribution in [3.8, 4) is 23.0 Å². The fraction of sp³-hybridized carbons (Fsp3) is 0.269. The van der Waals surface area contributed by atoms with E-state index in [-0.39, 0.29) is 22.8 Å². The zero-order valence-electron chi connectivity index (χ0n) is 20.7. The number of methoxy groups -OCH3 is 3. The van der Waals surface area contributed by atoms with Crippen molar-refractivity contribution < 1.29 is 33.3 Å². The third-order valence-corrected chi connectivity index (χ3v) is 6.36. The second kappa shape index (κ2) is 13.3. The van der Waals surface area contributed by atoms with Gasteiger partial charge in [0.2, 0.25) is 5.75 Å². The highest BCUT2D eigenvalue weighted by atomic mass is 79.9. The average Bonchev–Trinajstić information content (AvgIpc) is 2.89. The highest BCUT2D eigenvalue weighted by Gasteiger charge is 2.25. The van der Waals surface area contributed by atoms with Crippen molar-refractivity contribution in [2.24, 2.45) is 5.10 Å². The second-order valence-electron chi connectivity index (χ2n) is 7.79. The number of alkyl halides is 1. The second-order valence-corrected chi connectivity index (χ2v) is 9.82. The quantitative estimate of drug-likeness (QED) is 0.168. The molecule has 2 aromatic carbocycles. The summed E-state index contributed by atoms with van der Waals surface area (Å²) in [6.07, 6.45) is 3.75. The number of hydrogen-bond acceptors (Lipinski definition) is 8. The van der Waals surface area contributed by atoms with Crippen LogP contribution in [0.3, 0.4) is 0 Å². The number of aryl methyl sites for hydroxylation is 1. The Labute approximate surface area is 231 Å². The molecule has 11 heteroatoms. The monoisotopic (exact) mass is 636 g/mol. The fourth-order valence-electron chi connectivity index (χ4n) is 3.32. The zero-order chi connectivity index (χ0) is 26.9. The summed E-state index contributed by atoms with van der Waals surface area (Å²) < 4.78 is 27.7. The minimum atomic E-state index is -0.644. The van der Waals surface area contributed by atoms with Crippen LogP contribution in [0.1, 0.15) is 22.3 Å². The summed E-state index contributed by atoms with van der Waals surface area (Å²) in [5.41, 5.74) is 4.29.